The van der Waals surface area contributed by atoms with Crippen LogP contribution in [0.3, 0.4) is 0 Å². The van der Waals surface area contributed by atoms with Crippen LogP contribution in [0, 0.1) is 0 Å². The fraction of sp³-hybridized carbons (Fsp3) is 0.167. The molecule has 0 aliphatic carbocycles. The minimum absolute atomic E-state index is 0.0906. The highest BCUT2D eigenvalue weighted by Crippen LogP contribution is 2.14. The summed E-state index contributed by atoms with van der Waals surface area (Å²) in [5, 5.41) is 5.96. The van der Waals surface area contributed by atoms with Crippen molar-refractivity contribution < 1.29 is 9.59 Å². The second-order valence-electron chi connectivity index (χ2n) is 6.86. The number of anilines is 1. The summed E-state index contributed by atoms with van der Waals surface area (Å²) < 4.78 is 0. The smallest absolute Gasteiger partial charge is 0.253 e. The molecule has 0 saturated carbocycles. The number of amides is 2. The van der Waals surface area contributed by atoms with Gasteiger partial charge in [0, 0.05) is 31.4 Å². The SMILES string of the molecule is CN(Cc1ccccc1)C(=O)c1cccc(NC(=O)CNCc2ccccc2)c1. The van der Waals surface area contributed by atoms with Gasteiger partial charge < -0.3 is 15.5 Å². The summed E-state index contributed by atoms with van der Waals surface area (Å²) >= 11 is 0. The molecule has 2 N–H and O–H groups in total. The fourth-order valence-electron chi connectivity index (χ4n) is 3.00. The van der Waals surface area contributed by atoms with Crippen molar-refractivity contribution in [1.29, 1.82) is 0 Å². The summed E-state index contributed by atoms with van der Waals surface area (Å²) in [5.41, 5.74) is 3.33. The zero-order valence-corrected chi connectivity index (χ0v) is 16.5. The van der Waals surface area contributed by atoms with Gasteiger partial charge in [-0.15, -0.1) is 0 Å². The second-order valence-corrected chi connectivity index (χ2v) is 6.86. The molecule has 0 aliphatic rings. The molecule has 3 rings (SSSR count). The van der Waals surface area contributed by atoms with E-state index in [1.165, 1.54) is 0 Å². The Labute approximate surface area is 171 Å². The van der Waals surface area contributed by atoms with Crippen molar-refractivity contribution >= 4 is 17.5 Å². The van der Waals surface area contributed by atoms with Crippen molar-refractivity contribution in [3.63, 3.8) is 0 Å². The minimum Gasteiger partial charge on any atom is -0.337 e. The third-order valence-corrected chi connectivity index (χ3v) is 4.46. The number of benzene rings is 3. The highest BCUT2D eigenvalue weighted by molar-refractivity contribution is 5.97. The molecule has 0 aromatic heterocycles. The number of hydrogen-bond donors (Lipinski definition) is 2. The van der Waals surface area contributed by atoms with Crippen LogP contribution < -0.4 is 10.6 Å². The van der Waals surface area contributed by atoms with E-state index in [-0.39, 0.29) is 18.4 Å². The topological polar surface area (TPSA) is 61.4 Å². The molecule has 0 heterocycles. The lowest BCUT2D eigenvalue weighted by molar-refractivity contribution is -0.115. The van der Waals surface area contributed by atoms with Gasteiger partial charge in [0.15, 0.2) is 0 Å². The number of nitrogens with zero attached hydrogens (tertiary/aromatic N) is 1. The Hall–Kier alpha value is -3.44. The first-order valence-electron chi connectivity index (χ1n) is 9.56. The van der Waals surface area contributed by atoms with Crippen LogP contribution >= 0.6 is 0 Å². The van der Waals surface area contributed by atoms with Gasteiger partial charge in [-0.25, -0.2) is 0 Å². The van der Waals surface area contributed by atoms with Gasteiger partial charge in [0.05, 0.1) is 6.54 Å². The Morgan fingerprint density at radius 1 is 0.828 bits per heavy atom. The first-order valence-corrected chi connectivity index (χ1v) is 9.56. The first kappa shape index (κ1) is 20.3. The lowest BCUT2D eigenvalue weighted by Gasteiger charge is -2.18. The number of carbonyl (C=O) groups is 2. The molecule has 3 aromatic carbocycles. The average Bonchev–Trinajstić information content (AvgIpc) is 2.75. The number of hydrogen-bond acceptors (Lipinski definition) is 3. The maximum atomic E-state index is 12.7. The number of carbonyl (C=O) groups excluding carboxylic acids is 2. The second kappa shape index (κ2) is 10.2. The average molecular weight is 387 g/mol. The molecule has 0 saturated heterocycles. The third kappa shape index (κ3) is 6.30. The first-order chi connectivity index (χ1) is 14.1. The van der Waals surface area contributed by atoms with E-state index >= 15 is 0 Å². The van der Waals surface area contributed by atoms with Gasteiger partial charge in [-0.2, -0.15) is 0 Å². The summed E-state index contributed by atoms with van der Waals surface area (Å²) in [6.07, 6.45) is 0. The Kier molecular flexibility index (Phi) is 7.14. The molecular formula is C24H25N3O2. The maximum absolute atomic E-state index is 12.7. The lowest BCUT2D eigenvalue weighted by Crippen LogP contribution is -2.28. The van der Waals surface area contributed by atoms with E-state index in [1.54, 1.807) is 36.2 Å². The third-order valence-electron chi connectivity index (χ3n) is 4.46. The fourth-order valence-corrected chi connectivity index (χ4v) is 3.00. The Bertz CT molecular complexity index is 943. The predicted molar refractivity (Wildman–Crippen MR) is 115 cm³/mol. The van der Waals surface area contributed by atoms with Crippen LogP contribution in [-0.4, -0.2) is 30.3 Å². The Morgan fingerprint density at radius 3 is 2.17 bits per heavy atom. The van der Waals surface area contributed by atoms with Crippen LogP contribution in [0.1, 0.15) is 21.5 Å². The molecular weight excluding hydrogens is 362 g/mol. The molecule has 0 fully saturated rings. The van der Waals surface area contributed by atoms with Crippen LogP contribution in [0.25, 0.3) is 0 Å². The molecule has 29 heavy (non-hydrogen) atoms. The lowest BCUT2D eigenvalue weighted by atomic mass is 10.1. The zero-order chi connectivity index (χ0) is 20.5. The summed E-state index contributed by atoms with van der Waals surface area (Å²) in [4.78, 5) is 26.6. The van der Waals surface area contributed by atoms with Gasteiger partial charge in [0.1, 0.15) is 0 Å². The number of rotatable bonds is 8. The molecule has 0 aliphatic heterocycles. The summed E-state index contributed by atoms with van der Waals surface area (Å²) in [6.45, 7) is 1.34. The molecule has 5 heteroatoms. The van der Waals surface area contributed by atoms with Crippen molar-refractivity contribution in [3.8, 4) is 0 Å². The van der Waals surface area contributed by atoms with Gasteiger partial charge in [-0.1, -0.05) is 66.7 Å². The van der Waals surface area contributed by atoms with Crippen molar-refractivity contribution in [2.75, 3.05) is 18.9 Å². The highest BCUT2D eigenvalue weighted by atomic mass is 16.2. The van der Waals surface area contributed by atoms with Crippen molar-refractivity contribution in [2.24, 2.45) is 0 Å². The molecule has 0 unspecified atom stereocenters. The predicted octanol–water partition coefficient (Wildman–Crippen LogP) is 3.69. The molecule has 2 amide bonds. The van der Waals surface area contributed by atoms with E-state index < -0.39 is 0 Å². The zero-order valence-electron chi connectivity index (χ0n) is 16.5. The quantitative estimate of drug-likeness (QED) is 0.620. The van der Waals surface area contributed by atoms with Crippen LogP contribution in [-0.2, 0) is 17.9 Å². The van der Waals surface area contributed by atoms with Crippen LogP contribution in [0.2, 0.25) is 0 Å². The van der Waals surface area contributed by atoms with Crippen LogP contribution in [0.15, 0.2) is 84.9 Å². The van der Waals surface area contributed by atoms with E-state index in [2.05, 4.69) is 10.6 Å². The van der Waals surface area contributed by atoms with E-state index in [1.807, 2.05) is 60.7 Å². The van der Waals surface area contributed by atoms with E-state index in [0.717, 1.165) is 11.1 Å². The molecule has 148 valence electrons. The van der Waals surface area contributed by atoms with Crippen molar-refractivity contribution in [1.82, 2.24) is 10.2 Å². The molecule has 0 radical (unpaired) electrons. The van der Waals surface area contributed by atoms with Crippen molar-refractivity contribution in [2.45, 2.75) is 13.1 Å². The van der Waals surface area contributed by atoms with Gasteiger partial charge in [-0.05, 0) is 29.3 Å². The van der Waals surface area contributed by atoms with Gasteiger partial charge >= 0.3 is 0 Å². The van der Waals surface area contributed by atoms with Crippen LogP contribution in [0.5, 0.6) is 0 Å². The molecule has 0 atom stereocenters. The maximum Gasteiger partial charge on any atom is 0.253 e. The highest BCUT2D eigenvalue weighted by Gasteiger charge is 2.13. The monoisotopic (exact) mass is 387 g/mol. The Morgan fingerprint density at radius 2 is 1.48 bits per heavy atom. The Balaban J connectivity index is 1.53. The summed E-state index contributed by atoms with van der Waals surface area (Å²) in [6, 6.07) is 26.8. The summed E-state index contributed by atoms with van der Waals surface area (Å²) in [5.74, 6) is -0.240. The standard InChI is InChI=1S/C24H25N3O2/c1-27(18-20-11-6-3-7-12-20)24(29)21-13-8-14-22(15-21)26-23(28)17-25-16-19-9-4-2-5-10-19/h2-15,25H,16-18H2,1H3,(H,26,28). The number of nitrogens with one attached hydrogen (secondary N) is 2. The van der Waals surface area contributed by atoms with E-state index in [9.17, 15) is 9.59 Å². The largest absolute Gasteiger partial charge is 0.337 e. The normalized spacial score (nSPS) is 10.4. The van der Waals surface area contributed by atoms with Gasteiger partial charge in [0.2, 0.25) is 5.91 Å². The van der Waals surface area contributed by atoms with E-state index in [4.69, 9.17) is 0 Å². The van der Waals surface area contributed by atoms with Gasteiger partial charge in [-0.3, -0.25) is 9.59 Å². The van der Waals surface area contributed by atoms with E-state index in [0.29, 0.717) is 24.3 Å². The van der Waals surface area contributed by atoms with Crippen LogP contribution in [0.4, 0.5) is 5.69 Å². The molecule has 0 spiro atoms. The summed E-state index contributed by atoms with van der Waals surface area (Å²) in [7, 11) is 1.77. The minimum atomic E-state index is -0.150. The van der Waals surface area contributed by atoms with Gasteiger partial charge in [0.25, 0.3) is 5.91 Å². The molecule has 0 bridgehead atoms. The molecule has 5 nitrogen and oxygen atoms in total. The van der Waals surface area contributed by atoms with Crippen molar-refractivity contribution in [3.05, 3.63) is 102 Å². The molecule has 3 aromatic rings.